The maximum absolute atomic E-state index is 6.58. The van der Waals surface area contributed by atoms with E-state index in [0.29, 0.717) is 21.9 Å². The van der Waals surface area contributed by atoms with Gasteiger partial charge in [0.2, 0.25) is 5.16 Å². The van der Waals surface area contributed by atoms with Crippen molar-refractivity contribution < 1.29 is 4.42 Å². The summed E-state index contributed by atoms with van der Waals surface area (Å²) >= 11 is 8.03. The van der Waals surface area contributed by atoms with E-state index >= 15 is 0 Å². The van der Waals surface area contributed by atoms with Crippen LogP contribution in [-0.4, -0.2) is 24.7 Å². The van der Waals surface area contributed by atoms with Gasteiger partial charge in [-0.1, -0.05) is 41.6 Å². The Morgan fingerprint density at radius 3 is 2.63 bits per heavy atom. The Balaban J connectivity index is 1.58. The van der Waals surface area contributed by atoms with Crippen LogP contribution in [0.15, 0.2) is 52.2 Å². The summed E-state index contributed by atoms with van der Waals surface area (Å²) in [6.07, 6.45) is 1.60. The molecule has 0 saturated heterocycles. The first kappa shape index (κ1) is 17.7. The molecule has 4 rings (SSSR count). The molecule has 9 heteroatoms. The Morgan fingerprint density at radius 2 is 1.93 bits per heavy atom. The quantitative estimate of drug-likeness (QED) is 0.402. The van der Waals surface area contributed by atoms with Crippen LogP contribution in [0.4, 0.5) is 0 Å². The lowest BCUT2D eigenvalue weighted by atomic mass is 10.2. The van der Waals surface area contributed by atoms with Crippen LogP contribution in [0.2, 0.25) is 5.15 Å². The molecule has 2 N–H and O–H groups in total. The monoisotopic (exact) mass is 400 g/mol. The molecule has 3 heterocycles. The van der Waals surface area contributed by atoms with Gasteiger partial charge in [0, 0.05) is 11.3 Å². The molecule has 4 aromatic rings. The van der Waals surface area contributed by atoms with E-state index in [1.54, 1.807) is 10.9 Å². The zero-order valence-electron chi connectivity index (χ0n) is 14.8. The predicted octanol–water partition coefficient (Wildman–Crippen LogP) is 4.00. The number of rotatable bonds is 5. The normalized spacial score (nSPS) is 11.2. The number of thioether (sulfide) groups is 1. The van der Waals surface area contributed by atoms with Crippen molar-refractivity contribution in [3.63, 3.8) is 0 Å². The average molecular weight is 401 g/mol. The Hall–Kier alpha value is -2.71. The summed E-state index contributed by atoms with van der Waals surface area (Å²) in [7, 11) is 0. The van der Waals surface area contributed by atoms with Crippen molar-refractivity contribution in [3.8, 4) is 17.1 Å². The van der Waals surface area contributed by atoms with Crippen LogP contribution in [0.1, 0.15) is 17.0 Å². The van der Waals surface area contributed by atoms with Crippen molar-refractivity contribution >= 4 is 23.4 Å². The molecule has 0 atom stereocenters. The summed E-state index contributed by atoms with van der Waals surface area (Å²) in [5, 5.41) is 14.1. The second-order valence-electron chi connectivity index (χ2n) is 5.96. The van der Waals surface area contributed by atoms with Gasteiger partial charge in [-0.3, -0.25) is 0 Å². The molecular weight excluding hydrogens is 384 g/mol. The summed E-state index contributed by atoms with van der Waals surface area (Å²) in [6.45, 7) is 3.80. The largest absolute Gasteiger partial charge is 0.469 e. The first-order valence-corrected chi connectivity index (χ1v) is 9.59. The molecule has 0 aliphatic heterocycles. The summed E-state index contributed by atoms with van der Waals surface area (Å²) in [4.78, 5) is 0. The van der Waals surface area contributed by atoms with Crippen molar-refractivity contribution in [2.75, 3.05) is 5.84 Å². The number of aromatic nitrogens is 5. The standard InChI is InChI=1S/C18H17ClN6OS/c1-11-15(16(19)25(23-11)13-6-4-3-5-7-13)10-27-18-22-21-17(24(18)20)14-8-9-26-12(14)2/h3-9H,10,20H2,1-2H3. The molecule has 0 amide bonds. The van der Waals surface area contributed by atoms with E-state index in [1.165, 1.54) is 16.4 Å². The average Bonchev–Trinajstić information content (AvgIpc) is 3.33. The lowest BCUT2D eigenvalue weighted by molar-refractivity contribution is 0.535. The van der Waals surface area contributed by atoms with E-state index in [-0.39, 0.29) is 0 Å². The van der Waals surface area contributed by atoms with E-state index < -0.39 is 0 Å². The van der Waals surface area contributed by atoms with Crippen LogP contribution in [0.25, 0.3) is 17.1 Å². The Kier molecular flexibility index (Phi) is 4.67. The van der Waals surface area contributed by atoms with Crippen LogP contribution < -0.4 is 5.84 Å². The SMILES string of the molecule is Cc1nn(-c2ccccc2)c(Cl)c1CSc1nnc(-c2ccoc2C)n1N. The molecule has 0 aliphatic carbocycles. The fraction of sp³-hybridized carbons (Fsp3) is 0.167. The van der Waals surface area contributed by atoms with Gasteiger partial charge in [0.25, 0.3) is 0 Å². The minimum absolute atomic E-state index is 0.562. The Labute approximate surface area is 165 Å². The van der Waals surface area contributed by atoms with Gasteiger partial charge < -0.3 is 10.3 Å². The molecule has 3 aromatic heterocycles. The third-order valence-electron chi connectivity index (χ3n) is 4.23. The number of furan rings is 1. The number of nitrogens with two attached hydrogens (primary N) is 1. The van der Waals surface area contributed by atoms with Crippen molar-refractivity contribution in [2.45, 2.75) is 24.8 Å². The number of nitrogens with zero attached hydrogens (tertiary/aromatic N) is 5. The molecule has 0 bridgehead atoms. The second-order valence-corrected chi connectivity index (χ2v) is 7.26. The lowest BCUT2D eigenvalue weighted by Gasteiger charge is -2.04. The first-order valence-electron chi connectivity index (χ1n) is 8.23. The van der Waals surface area contributed by atoms with E-state index in [2.05, 4.69) is 15.3 Å². The first-order chi connectivity index (χ1) is 13.1. The molecule has 7 nitrogen and oxygen atoms in total. The highest BCUT2D eigenvalue weighted by molar-refractivity contribution is 7.98. The fourth-order valence-corrected chi connectivity index (χ4v) is 4.11. The molecule has 0 fully saturated rings. The zero-order chi connectivity index (χ0) is 19.0. The predicted molar refractivity (Wildman–Crippen MR) is 105 cm³/mol. The van der Waals surface area contributed by atoms with E-state index in [4.69, 9.17) is 21.9 Å². The second kappa shape index (κ2) is 7.13. The van der Waals surface area contributed by atoms with Crippen molar-refractivity contribution in [3.05, 3.63) is 64.8 Å². The minimum atomic E-state index is 0.562. The van der Waals surface area contributed by atoms with Crippen LogP contribution in [0.5, 0.6) is 0 Å². The Morgan fingerprint density at radius 1 is 1.15 bits per heavy atom. The van der Waals surface area contributed by atoms with Gasteiger partial charge in [-0.15, -0.1) is 10.2 Å². The van der Waals surface area contributed by atoms with Crippen LogP contribution in [0.3, 0.4) is 0 Å². The third-order valence-corrected chi connectivity index (χ3v) is 5.59. The van der Waals surface area contributed by atoms with Crippen LogP contribution in [-0.2, 0) is 5.75 Å². The van der Waals surface area contributed by atoms with Crippen LogP contribution >= 0.6 is 23.4 Å². The zero-order valence-corrected chi connectivity index (χ0v) is 16.3. The number of aryl methyl sites for hydroxylation is 2. The van der Waals surface area contributed by atoms with Gasteiger partial charge in [-0.25, -0.2) is 9.36 Å². The summed E-state index contributed by atoms with van der Waals surface area (Å²) in [5.41, 5.74) is 3.55. The number of para-hydroxylation sites is 1. The van der Waals surface area contributed by atoms with Gasteiger partial charge in [-0.05, 0) is 32.0 Å². The molecule has 1 aromatic carbocycles. The third kappa shape index (κ3) is 3.22. The van der Waals surface area contributed by atoms with E-state index in [9.17, 15) is 0 Å². The fourth-order valence-electron chi connectivity index (χ4n) is 2.75. The molecule has 138 valence electrons. The maximum Gasteiger partial charge on any atom is 0.210 e. The topological polar surface area (TPSA) is 87.7 Å². The lowest BCUT2D eigenvalue weighted by Crippen LogP contribution is -2.11. The highest BCUT2D eigenvalue weighted by Crippen LogP contribution is 2.31. The minimum Gasteiger partial charge on any atom is -0.469 e. The number of halogens is 1. The van der Waals surface area contributed by atoms with Gasteiger partial charge in [0.1, 0.15) is 10.9 Å². The molecule has 0 saturated carbocycles. The molecule has 0 aliphatic rings. The van der Waals surface area contributed by atoms with Crippen molar-refractivity contribution in [2.24, 2.45) is 0 Å². The molecular formula is C18H17ClN6OS. The number of nitrogen functional groups attached to an aromatic ring is 1. The number of benzene rings is 1. The molecule has 0 spiro atoms. The molecule has 27 heavy (non-hydrogen) atoms. The highest BCUT2D eigenvalue weighted by Gasteiger charge is 2.19. The van der Waals surface area contributed by atoms with E-state index in [0.717, 1.165) is 28.3 Å². The van der Waals surface area contributed by atoms with Crippen molar-refractivity contribution in [1.82, 2.24) is 24.7 Å². The van der Waals surface area contributed by atoms with E-state index in [1.807, 2.05) is 50.2 Å². The maximum atomic E-state index is 6.58. The smallest absolute Gasteiger partial charge is 0.210 e. The summed E-state index contributed by atoms with van der Waals surface area (Å²) in [5.74, 6) is 8.06. The highest BCUT2D eigenvalue weighted by atomic mass is 35.5. The molecule has 0 unspecified atom stereocenters. The van der Waals surface area contributed by atoms with Crippen molar-refractivity contribution in [1.29, 1.82) is 0 Å². The number of hydrogen-bond donors (Lipinski definition) is 1. The van der Waals surface area contributed by atoms with Crippen LogP contribution in [0, 0.1) is 13.8 Å². The Bertz CT molecular complexity index is 1080. The van der Waals surface area contributed by atoms with Gasteiger partial charge in [-0.2, -0.15) is 5.10 Å². The summed E-state index contributed by atoms with van der Waals surface area (Å²) in [6, 6.07) is 11.6. The van der Waals surface area contributed by atoms with Gasteiger partial charge >= 0.3 is 0 Å². The van der Waals surface area contributed by atoms with Gasteiger partial charge in [0.05, 0.1) is 23.2 Å². The summed E-state index contributed by atoms with van der Waals surface area (Å²) < 4.78 is 8.52. The molecule has 0 radical (unpaired) electrons. The van der Waals surface area contributed by atoms with Gasteiger partial charge in [0.15, 0.2) is 5.82 Å². The number of hydrogen-bond acceptors (Lipinski definition) is 6.